The first-order chi connectivity index (χ1) is 12.2. The highest BCUT2D eigenvalue weighted by atomic mass is 32.2. The number of ether oxygens (including phenoxy) is 1. The number of piperidine rings is 1. The summed E-state index contributed by atoms with van der Waals surface area (Å²) in [5.41, 5.74) is 2.96. The topological polar surface area (TPSA) is 58.6 Å². The van der Waals surface area contributed by atoms with E-state index >= 15 is 0 Å². The Kier molecular flexibility index (Phi) is 8.33. The maximum atomic E-state index is 12.6. The molecule has 1 heterocycles. The highest BCUT2D eigenvalue weighted by molar-refractivity contribution is 7.85. The van der Waals surface area contributed by atoms with Gasteiger partial charge >= 0.3 is 6.09 Å². The van der Waals surface area contributed by atoms with E-state index in [9.17, 15) is 9.00 Å². The van der Waals surface area contributed by atoms with Crippen LogP contribution in [0.1, 0.15) is 71.9 Å². The zero-order valence-corrected chi connectivity index (χ0v) is 17.6. The number of nitrogens with zero attached hydrogens (tertiary/aromatic N) is 1. The lowest BCUT2D eigenvalue weighted by atomic mass is 9.89. The zero-order chi connectivity index (χ0) is 19.5. The van der Waals surface area contributed by atoms with Gasteiger partial charge in [0.1, 0.15) is 16.6 Å². The molecule has 1 fully saturated rings. The molecule has 1 saturated heterocycles. The van der Waals surface area contributed by atoms with Gasteiger partial charge in [0.15, 0.2) is 0 Å². The average Bonchev–Trinajstić information content (AvgIpc) is 2.92. The lowest BCUT2D eigenvalue weighted by Crippen LogP contribution is -2.48. The Morgan fingerprint density at radius 1 is 1.30 bits per heavy atom. The second-order valence-electron chi connectivity index (χ2n) is 7.66. The molecule has 2 aliphatic rings. The zero-order valence-electron chi connectivity index (χ0n) is 16.8. The van der Waals surface area contributed by atoms with Gasteiger partial charge in [-0.2, -0.15) is 0 Å². The third-order valence-electron chi connectivity index (χ3n) is 4.64. The number of nitrogens with one attached hydrogen (secondary N) is 1. The Morgan fingerprint density at radius 3 is 2.56 bits per heavy atom. The lowest BCUT2D eigenvalue weighted by Gasteiger charge is -2.38. The van der Waals surface area contributed by atoms with Crippen molar-refractivity contribution in [1.82, 2.24) is 4.90 Å². The van der Waals surface area contributed by atoms with Crippen LogP contribution in [0.25, 0.3) is 0 Å². The van der Waals surface area contributed by atoms with Crippen LogP contribution in [0.2, 0.25) is 0 Å². The van der Waals surface area contributed by atoms with E-state index in [1.807, 2.05) is 45.6 Å². The van der Waals surface area contributed by atoms with E-state index in [4.69, 9.17) is 4.74 Å². The summed E-state index contributed by atoms with van der Waals surface area (Å²) in [6.45, 7) is 10.5. The Hall–Kier alpha value is -1.56. The first-order valence-corrected chi connectivity index (χ1v) is 11.0. The molecule has 1 aliphatic heterocycles. The molecule has 5 nitrogen and oxygen atoms in total. The van der Waals surface area contributed by atoms with Crippen LogP contribution in [-0.2, 0) is 22.1 Å². The van der Waals surface area contributed by atoms with E-state index < -0.39 is 16.6 Å². The van der Waals surface area contributed by atoms with Crippen LogP contribution in [0.15, 0.2) is 18.2 Å². The molecule has 6 heteroatoms. The molecule has 1 aromatic carbocycles. The summed E-state index contributed by atoms with van der Waals surface area (Å²) in [5, 5.41) is 0. The van der Waals surface area contributed by atoms with Gasteiger partial charge in [-0.1, -0.05) is 27.3 Å². The largest absolute Gasteiger partial charge is 0.444 e. The smallest absolute Gasteiger partial charge is 0.410 e. The average molecular weight is 397 g/mol. The number of carbonyl (C=O) groups excluding carboxylic acids is 1. The molecular formula is C21H36N2O3S. The van der Waals surface area contributed by atoms with E-state index in [0.29, 0.717) is 5.92 Å². The fraction of sp³-hybridized carbons (Fsp3) is 0.667. The second-order valence-corrected chi connectivity index (χ2v) is 8.78. The molecular weight excluding hydrogens is 360 g/mol. The predicted octanol–water partition coefficient (Wildman–Crippen LogP) is 5.09. The maximum Gasteiger partial charge on any atom is 0.410 e. The highest BCUT2D eigenvalue weighted by Gasteiger charge is 2.42. The van der Waals surface area contributed by atoms with Gasteiger partial charge in [-0.15, -0.1) is 0 Å². The monoisotopic (exact) mass is 396 g/mol. The van der Waals surface area contributed by atoms with Crippen molar-refractivity contribution in [3.63, 3.8) is 0 Å². The summed E-state index contributed by atoms with van der Waals surface area (Å²) in [6.07, 6.45) is 4.35. The van der Waals surface area contributed by atoms with Crippen LogP contribution in [0.5, 0.6) is 0 Å². The molecule has 0 radical (unpaired) electrons. The van der Waals surface area contributed by atoms with Gasteiger partial charge in [-0.05, 0) is 63.3 Å². The normalized spacial score (nSPS) is 21.6. The van der Waals surface area contributed by atoms with Crippen molar-refractivity contribution in [3.05, 3.63) is 29.3 Å². The van der Waals surface area contributed by atoms with Crippen LogP contribution in [0, 0.1) is 0 Å². The van der Waals surface area contributed by atoms with E-state index in [2.05, 4.69) is 16.9 Å². The first-order valence-electron chi connectivity index (χ1n) is 9.47. The number of amides is 1. The minimum absolute atomic E-state index is 0. The van der Waals surface area contributed by atoms with E-state index in [1.165, 1.54) is 11.1 Å². The Balaban J connectivity index is 0.00000118. The van der Waals surface area contributed by atoms with Crippen molar-refractivity contribution in [2.75, 3.05) is 17.5 Å². The predicted molar refractivity (Wildman–Crippen MR) is 115 cm³/mol. The number of fused-ring (bicyclic) bond motifs is 3. The SMILES string of the molecule is C.CC.CS(=O)Nc1ccc2c(c1)CC1C2CCCN1C(=O)OC(C)(C)C. The van der Waals surface area contributed by atoms with Crippen LogP contribution < -0.4 is 4.72 Å². The molecule has 1 amide bonds. The van der Waals surface area contributed by atoms with Crippen molar-refractivity contribution in [3.8, 4) is 0 Å². The van der Waals surface area contributed by atoms with E-state index in [1.54, 1.807) is 6.26 Å². The number of hydrogen-bond acceptors (Lipinski definition) is 3. The summed E-state index contributed by atoms with van der Waals surface area (Å²) >= 11 is 0. The number of hydrogen-bond donors (Lipinski definition) is 1. The molecule has 0 spiro atoms. The number of benzene rings is 1. The first kappa shape index (κ1) is 23.5. The quantitative estimate of drug-likeness (QED) is 0.757. The molecule has 3 unspecified atom stereocenters. The minimum atomic E-state index is -1.08. The standard InChI is InChI=1S/C18H26N2O3S.C2H6.CH4/c1-18(2,3)23-17(21)20-9-5-6-15-14-8-7-13(19-24(4)22)10-12(14)11-16(15)20;1-2;/h7-8,10,15-16,19H,5-6,9,11H2,1-4H3;1-2H3;1H4. The molecule has 1 N–H and O–H groups in total. The fourth-order valence-corrected chi connectivity index (χ4v) is 4.28. The van der Waals surface area contributed by atoms with Crippen LogP contribution >= 0.6 is 0 Å². The Labute approximate surface area is 167 Å². The summed E-state index contributed by atoms with van der Waals surface area (Å²) in [5.74, 6) is 0.377. The summed E-state index contributed by atoms with van der Waals surface area (Å²) in [6, 6.07) is 6.34. The molecule has 3 rings (SSSR count). The van der Waals surface area contributed by atoms with Gasteiger partial charge in [0, 0.05) is 30.4 Å². The van der Waals surface area contributed by atoms with Crippen molar-refractivity contribution >= 4 is 22.8 Å². The molecule has 0 aromatic heterocycles. The fourth-order valence-electron chi connectivity index (χ4n) is 3.82. The number of anilines is 1. The van der Waals surface area contributed by atoms with Crippen molar-refractivity contribution in [2.45, 2.75) is 78.9 Å². The van der Waals surface area contributed by atoms with Gasteiger partial charge in [-0.3, -0.25) is 0 Å². The molecule has 1 aromatic rings. The van der Waals surface area contributed by atoms with Gasteiger partial charge in [-0.25, -0.2) is 9.00 Å². The molecule has 27 heavy (non-hydrogen) atoms. The third kappa shape index (κ3) is 5.71. The van der Waals surface area contributed by atoms with Crippen LogP contribution in [-0.4, -0.2) is 39.6 Å². The van der Waals surface area contributed by atoms with E-state index in [-0.39, 0.29) is 19.6 Å². The second kappa shape index (κ2) is 9.58. The number of likely N-dealkylation sites (tertiary alicyclic amines) is 1. The van der Waals surface area contributed by atoms with Crippen molar-refractivity contribution in [2.24, 2.45) is 0 Å². The molecule has 0 bridgehead atoms. The summed E-state index contributed by atoms with van der Waals surface area (Å²) in [4.78, 5) is 14.5. The Bertz CT molecular complexity index is 670. The van der Waals surface area contributed by atoms with E-state index in [0.717, 1.165) is 31.5 Å². The van der Waals surface area contributed by atoms with Crippen LogP contribution in [0.3, 0.4) is 0 Å². The van der Waals surface area contributed by atoms with Gasteiger partial charge in [0.2, 0.25) is 0 Å². The molecule has 154 valence electrons. The third-order valence-corrected chi connectivity index (χ3v) is 5.16. The lowest BCUT2D eigenvalue weighted by molar-refractivity contribution is 0.00833. The maximum absolute atomic E-state index is 12.6. The Morgan fingerprint density at radius 2 is 1.96 bits per heavy atom. The highest BCUT2D eigenvalue weighted by Crippen LogP contribution is 2.43. The van der Waals surface area contributed by atoms with Gasteiger partial charge in [0.25, 0.3) is 0 Å². The van der Waals surface area contributed by atoms with Crippen molar-refractivity contribution < 1.29 is 13.7 Å². The van der Waals surface area contributed by atoms with Crippen molar-refractivity contribution in [1.29, 1.82) is 0 Å². The number of rotatable bonds is 2. The summed E-state index contributed by atoms with van der Waals surface area (Å²) < 4.78 is 19.9. The van der Waals surface area contributed by atoms with Gasteiger partial charge < -0.3 is 14.4 Å². The molecule has 1 aliphatic carbocycles. The van der Waals surface area contributed by atoms with Gasteiger partial charge in [0.05, 0.1) is 0 Å². The summed E-state index contributed by atoms with van der Waals surface area (Å²) in [7, 11) is -1.08. The number of carbonyl (C=O) groups is 1. The molecule has 3 atom stereocenters. The minimum Gasteiger partial charge on any atom is -0.444 e. The molecule has 0 saturated carbocycles. The van der Waals surface area contributed by atoms with Crippen LogP contribution in [0.4, 0.5) is 10.5 Å².